The molecule has 106 valence electrons. The second-order valence-electron chi connectivity index (χ2n) is 4.86. The Bertz CT molecular complexity index is 528. The number of rotatable bonds is 6. The summed E-state index contributed by atoms with van der Waals surface area (Å²) in [6.07, 6.45) is 3.65. The van der Waals surface area contributed by atoms with Crippen LogP contribution in [-0.2, 0) is 0 Å². The normalized spacial score (nSPS) is 13.8. The van der Waals surface area contributed by atoms with Crippen molar-refractivity contribution >= 4 is 0 Å². The van der Waals surface area contributed by atoms with Gasteiger partial charge in [0.2, 0.25) is 0 Å². The molecule has 0 spiro atoms. The predicted octanol–water partition coefficient (Wildman–Crippen LogP) is 3.89. The van der Waals surface area contributed by atoms with Gasteiger partial charge in [0.1, 0.15) is 5.75 Å². The van der Waals surface area contributed by atoms with Gasteiger partial charge in [0.25, 0.3) is 0 Å². The standard InChI is InChI=1S/C17H22N2O/c1-4-20-17-8-6-5-7-16(17)14(3)19-13(2)15-9-11-18-12-10-15/h5-14,19H,4H2,1-3H3/t13-,14?/m1/s1. The number of hydrogen-bond donors (Lipinski definition) is 1. The summed E-state index contributed by atoms with van der Waals surface area (Å²) in [5.74, 6) is 0.955. The summed E-state index contributed by atoms with van der Waals surface area (Å²) in [5.41, 5.74) is 2.43. The average molecular weight is 270 g/mol. The molecule has 2 rings (SSSR count). The number of nitrogens with one attached hydrogen (secondary N) is 1. The molecule has 20 heavy (non-hydrogen) atoms. The van der Waals surface area contributed by atoms with Crippen molar-refractivity contribution in [2.75, 3.05) is 6.61 Å². The van der Waals surface area contributed by atoms with Crippen molar-refractivity contribution in [1.29, 1.82) is 0 Å². The third-order valence-electron chi connectivity index (χ3n) is 3.39. The number of ether oxygens (including phenoxy) is 1. The molecule has 1 unspecified atom stereocenters. The van der Waals surface area contributed by atoms with Gasteiger partial charge in [0.05, 0.1) is 6.61 Å². The maximum absolute atomic E-state index is 5.70. The quantitative estimate of drug-likeness (QED) is 0.864. The smallest absolute Gasteiger partial charge is 0.124 e. The van der Waals surface area contributed by atoms with Crippen molar-refractivity contribution in [3.05, 3.63) is 59.9 Å². The Morgan fingerprint density at radius 3 is 2.45 bits per heavy atom. The van der Waals surface area contributed by atoms with Crippen LogP contribution in [0, 0.1) is 0 Å². The molecule has 1 aromatic heterocycles. The van der Waals surface area contributed by atoms with Crippen LogP contribution in [0.25, 0.3) is 0 Å². The lowest BCUT2D eigenvalue weighted by Crippen LogP contribution is -2.23. The summed E-state index contributed by atoms with van der Waals surface area (Å²) in [5, 5.41) is 3.60. The van der Waals surface area contributed by atoms with Gasteiger partial charge in [-0.3, -0.25) is 4.98 Å². The number of aromatic nitrogens is 1. The maximum atomic E-state index is 5.70. The molecule has 0 bridgehead atoms. The fourth-order valence-electron chi connectivity index (χ4n) is 2.34. The van der Waals surface area contributed by atoms with Gasteiger partial charge in [-0.25, -0.2) is 0 Å². The Hall–Kier alpha value is -1.87. The number of benzene rings is 1. The van der Waals surface area contributed by atoms with Crippen molar-refractivity contribution in [1.82, 2.24) is 10.3 Å². The Labute approximate surface area is 121 Å². The first kappa shape index (κ1) is 14.5. The van der Waals surface area contributed by atoms with Gasteiger partial charge in [0.15, 0.2) is 0 Å². The van der Waals surface area contributed by atoms with E-state index in [1.54, 1.807) is 0 Å². The molecule has 3 nitrogen and oxygen atoms in total. The van der Waals surface area contributed by atoms with E-state index in [1.165, 1.54) is 11.1 Å². The Morgan fingerprint density at radius 2 is 1.75 bits per heavy atom. The van der Waals surface area contributed by atoms with Gasteiger partial charge < -0.3 is 10.1 Å². The molecule has 2 atom stereocenters. The third-order valence-corrected chi connectivity index (χ3v) is 3.39. The van der Waals surface area contributed by atoms with E-state index in [2.05, 4.69) is 30.2 Å². The van der Waals surface area contributed by atoms with Crippen molar-refractivity contribution in [2.24, 2.45) is 0 Å². The second kappa shape index (κ2) is 7.06. The number of para-hydroxylation sites is 1. The van der Waals surface area contributed by atoms with E-state index in [0.717, 1.165) is 5.75 Å². The predicted molar refractivity (Wildman–Crippen MR) is 81.8 cm³/mol. The number of hydrogen-bond acceptors (Lipinski definition) is 3. The molecule has 3 heteroatoms. The van der Waals surface area contributed by atoms with Gasteiger partial charge in [-0.05, 0) is 44.5 Å². The molecule has 0 radical (unpaired) electrons. The highest BCUT2D eigenvalue weighted by molar-refractivity contribution is 5.35. The van der Waals surface area contributed by atoms with E-state index in [1.807, 2.05) is 49.6 Å². The molecule has 1 heterocycles. The Morgan fingerprint density at radius 1 is 1.05 bits per heavy atom. The highest BCUT2D eigenvalue weighted by Gasteiger charge is 2.14. The maximum Gasteiger partial charge on any atom is 0.124 e. The molecule has 0 saturated heterocycles. The van der Waals surface area contributed by atoms with Crippen LogP contribution in [0.1, 0.15) is 44.0 Å². The summed E-state index contributed by atoms with van der Waals surface area (Å²) >= 11 is 0. The molecule has 1 N–H and O–H groups in total. The molecule has 0 fully saturated rings. The fraction of sp³-hybridized carbons (Fsp3) is 0.353. The molecule has 0 aliphatic heterocycles. The highest BCUT2D eigenvalue weighted by Crippen LogP contribution is 2.27. The second-order valence-corrected chi connectivity index (χ2v) is 4.86. The van der Waals surface area contributed by atoms with Gasteiger partial charge in [-0.2, -0.15) is 0 Å². The zero-order valence-electron chi connectivity index (χ0n) is 12.3. The lowest BCUT2D eigenvalue weighted by molar-refractivity contribution is 0.331. The van der Waals surface area contributed by atoms with Crippen LogP contribution < -0.4 is 10.1 Å². The van der Waals surface area contributed by atoms with Crippen LogP contribution in [0.3, 0.4) is 0 Å². The van der Waals surface area contributed by atoms with Gasteiger partial charge >= 0.3 is 0 Å². The van der Waals surface area contributed by atoms with Crippen LogP contribution in [-0.4, -0.2) is 11.6 Å². The lowest BCUT2D eigenvalue weighted by Gasteiger charge is -2.22. The van der Waals surface area contributed by atoms with E-state index in [-0.39, 0.29) is 12.1 Å². The highest BCUT2D eigenvalue weighted by atomic mass is 16.5. The minimum atomic E-state index is 0.223. The van der Waals surface area contributed by atoms with E-state index < -0.39 is 0 Å². The zero-order chi connectivity index (χ0) is 14.4. The fourth-order valence-corrected chi connectivity index (χ4v) is 2.34. The zero-order valence-corrected chi connectivity index (χ0v) is 12.3. The van der Waals surface area contributed by atoms with Crippen LogP contribution in [0.2, 0.25) is 0 Å². The van der Waals surface area contributed by atoms with E-state index in [9.17, 15) is 0 Å². The first-order valence-electron chi connectivity index (χ1n) is 7.10. The Balaban J connectivity index is 2.10. The topological polar surface area (TPSA) is 34.1 Å². The molecular weight excluding hydrogens is 248 g/mol. The molecule has 1 aromatic carbocycles. The van der Waals surface area contributed by atoms with E-state index in [0.29, 0.717) is 6.61 Å². The van der Waals surface area contributed by atoms with Crippen LogP contribution in [0.5, 0.6) is 5.75 Å². The largest absolute Gasteiger partial charge is 0.494 e. The first-order chi connectivity index (χ1) is 9.72. The van der Waals surface area contributed by atoms with Crippen molar-refractivity contribution in [3.8, 4) is 5.75 Å². The monoisotopic (exact) mass is 270 g/mol. The molecule has 0 saturated carbocycles. The van der Waals surface area contributed by atoms with Crippen LogP contribution >= 0.6 is 0 Å². The molecule has 2 aromatic rings. The molecular formula is C17H22N2O. The van der Waals surface area contributed by atoms with Crippen molar-refractivity contribution < 1.29 is 4.74 Å². The van der Waals surface area contributed by atoms with Gasteiger partial charge in [0, 0.05) is 30.0 Å². The summed E-state index contributed by atoms with van der Waals surface area (Å²) in [7, 11) is 0. The first-order valence-corrected chi connectivity index (χ1v) is 7.10. The Kier molecular flexibility index (Phi) is 5.13. The average Bonchev–Trinajstić information content (AvgIpc) is 2.49. The van der Waals surface area contributed by atoms with Crippen molar-refractivity contribution in [3.63, 3.8) is 0 Å². The number of pyridine rings is 1. The summed E-state index contributed by atoms with van der Waals surface area (Å²) in [4.78, 5) is 4.06. The SMILES string of the molecule is CCOc1ccccc1C(C)N[C@H](C)c1ccncc1. The third kappa shape index (κ3) is 3.58. The van der Waals surface area contributed by atoms with E-state index >= 15 is 0 Å². The molecule has 0 amide bonds. The molecule has 0 aliphatic rings. The lowest BCUT2D eigenvalue weighted by atomic mass is 10.0. The van der Waals surface area contributed by atoms with Gasteiger partial charge in [-0.15, -0.1) is 0 Å². The van der Waals surface area contributed by atoms with Crippen LogP contribution in [0.15, 0.2) is 48.8 Å². The van der Waals surface area contributed by atoms with E-state index in [4.69, 9.17) is 4.74 Å². The minimum Gasteiger partial charge on any atom is -0.494 e. The van der Waals surface area contributed by atoms with Gasteiger partial charge in [-0.1, -0.05) is 18.2 Å². The summed E-state index contributed by atoms with van der Waals surface area (Å²) in [6, 6.07) is 12.8. The van der Waals surface area contributed by atoms with Crippen molar-refractivity contribution in [2.45, 2.75) is 32.9 Å². The minimum absolute atomic E-state index is 0.223. The summed E-state index contributed by atoms with van der Waals surface area (Å²) < 4.78 is 5.70. The molecule has 0 aliphatic carbocycles. The number of nitrogens with zero attached hydrogens (tertiary/aromatic N) is 1. The summed E-state index contributed by atoms with van der Waals surface area (Å²) in [6.45, 7) is 7.02. The van der Waals surface area contributed by atoms with Crippen LogP contribution in [0.4, 0.5) is 0 Å².